The number of hydroxylamine groups is 2. The van der Waals surface area contributed by atoms with Gasteiger partial charge in [-0.1, -0.05) is 0 Å². The van der Waals surface area contributed by atoms with E-state index in [2.05, 4.69) is 9.57 Å². The molecule has 1 amide bonds. The van der Waals surface area contributed by atoms with Gasteiger partial charge in [0.1, 0.15) is 0 Å². The summed E-state index contributed by atoms with van der Waals surface area (Å²) in [4.78, 5) is 26.1. The minimum absolute atomic E-state index is 0.181. The molecule has 0 spiro atoms. The zero-order valence-electron chi connectivity index (χ0n) is 6.36. The van der Waals surface area contributed by atoms with Crippen LogP contribution in [0.1, 0.15) is 6.42 Å². The van der Waals surface area contributed by atoms with E-state index >= 15 is 0 Å². The summed E-state index contributed by atoms with van der Waals surface area (Å²) in [6, 6.07) is -0.544. The Hall–Kier alpha value is -1.10. The van der Waals surface area contributed by atoms with Crippen molar-refractivity contribution in [2.45, 2.75) is 12.5 Å². The van der Waals surface area contributed by atoms with Gasteiger partial charge in [-0.05, 0) is 0 Å². The van der Waals surface area contributed by atoms with E-state index in [4.69, 9.17) is 0 Å². The van der Waals surface area contributed by atoms with E-state index in [1.54, 1.807) is 0 Å². The number of carbonyl (C=O) groups is 2. The number of hydrogen-bond donors (Lipinski definition) is 0. The van der Waals surface area contributed by atoms with Gasteiger partial charge in [0.05, 0.1) is 20.6 Å². The summed E-state index contributed by atoms with van der Waals surface area (Å²) in [6.07, 6.45) is 0.181. The fourth-order valence-electron chi connectivity index (χ4n) is 0.944. The zero-order chi connectivity index (χ0) is 8.43. The summed E-state index contributed by atoms with van der Waals surface area (Å²) < 4.78 is 4.42. The Morgan fingerprint density at radius 2 is 2.27 bits per heavy atom. The van der Waals surface area contributed by atoms with Crippen molar-refractivity contribution in [1.82, 2.24) is 5.06 Å². The Kier molecular flexibility index (Phi) is 2.09. The molecule has 0 aromatic heterocycles. The molecule has 0 aromatic rings. The van der Waals surface area contributed by atoms with E-state index in [1.807, 2.05) is 0 Å². The first-order valence-electron chi connectivity index (χ1n) is 3.14. The van der Waals surface area contributed by atoms with Crippen molar-refractivity contribution in [3.8, 4) is 0 Å². The number of ether oxygens (including phenoxy) is 1. The number of nitrogens with zero attached hydrogens (tertiary/aromatic N) is 1. The average Bonchev–Trinajstić information content (AvgIpc) is 1.99. The number of β-lactam (4-membered cyclic amide) rings is 1. The van der Waals surface area contributed by atoms with E-state index in [1.165, 1.54) is 14.2 Å². The molecule has 1 heterocycles. The van der Waals surface area contributed by atoms with Gasteiger partial charge in [0, 0.05) is 0 Å². The summed E-state index contributed by atoms with van der Waals surface area (Å²) in [5.41, 5.74) is 0. The molecule has 5 nitrogen and oxygen atoms in total. The number of hydrogen-bond acceptors (Lipinski definition) is 4. The van der Waals surface area contributed by atoms with Crippen molar-refractivity contribution in [3.05, 3.63) is 0 Å². The van der Waals surface area contributed by atoms with Crippen molar-refractivity contribution in [3.63, 3.8) is 0 Å². The van der Waals surface area contributed by atoms with Crippen LogP contribution in [-0.2, 0) is 19.2 Å². The molecule has 0 radical (unpaired) electrons. The summed E-state index contributed by atoms with van der Waals surface area (Å²) in [6.45, 7) is 0. The van der Waals surface area contributed by atoms with Crippen LogP contribution in [0, 0.1) is 0 Å². The Morgan fingerprint density at radius 1 is 1.64 bits per heavy atom. The summed E-state index contributed by atoms with van der Waals surface area (Å²) in [5.74, 6) is -0.630. The molecule has 62 valence electrons. The molecular formula is C6H9NO4. The molecule has 1 rings (SSSR count). The standard InChI is InChI=1S/C6H9NO4/c1-10-6(9)4-3-5(8)7(4)11-2/h4H,3H2,1-2H3. The lowest BCUT2D eigenvalue weighted by molar-refractivity contribution is -0.221. The molecule has 5 heteroatoms. The number of amides is 1. The maximum absolute atomic E-state index is 10.8. The average molecular weight is 159 g/mol. The number of esters is 1. The Balaban J connectivity index is 2.51. The van der Waals surface area contributed by atoms with Gasteiger partial charge in [-0.25, -0.2) is 9.86 Å². The third-order valence-corrected chi connectivity index (χ3v) is 1.57. The van der Waals surface area contributed by atoms with Crippen molar-refractivity contribution < 1.29 is 19.2 Å². The quantitative estimate of drug-likeness (QED) is 0.395. The molecule has 1 saturated heterocycles. The second kappa shape index (κ2) is 2.87. The fourth-order valence-corrected chi connectivity index (χ4v) is 0.944. The van der Waals surface area contributed by atoms with Crippen molar-refractivity contribution >= 4 is 11.9 Å². The molecule has 0 N–H and O–H groups in total. The lowest BCUT2D eigenvalue weighted by Gasteiger charge is -2.35. The molecule has 1 aliphatic heterocycles. The maximum Gasteiger partial charge on any atom is 0.331 e. The lowest BCUT2D eigenvalue weighted by atomic mass is 10.1. The van der Waals surface area contributed by atoms with Crippen LogP contribution in [0.3, 0.4) is 0 Å². The van der Waals surface area contributed by atoms with Gasteiger partial charge < -0.3 is 4.74 Å². The first kappa shape index (κ1) is 8.00. The Bertz CT molecular complexity index is 191. The zero-order valence-corrected chi connectivity index (χ0v) is 6.36. The number of rotatable bonds is 2. The van der Waals surface area contributed by atoms with E-state index in [-0.39, 0.29) is 12.3 Å². The normalized spacial score (nSPS) is 22.9. The third kappa shape index (κ3) is 1.19. The highest BCUT2D eigenvalue weighted by Crippen LogP contribution is 2.19. The predicted molar refractivity (Wildman–Crippen MR) is 34.3 cm³/mol. The fraction of sp³-hybridized carbons (Fsp3) is 0.667. The lowest BCUT2D eigenvalue weighted by Crippen LogP contribution is -2.56. The van der Waals surface area contributed by atoms with Gasteiger partial charge in [-0.15, -0.1) is 0 Å². The van der Waals surface area contributed by atoms with Crippen molar-refractivity contribution in [2.75, 3.05) is 14.2 Å². The van der Waals surface area contributed by atoms with E-state index in [0.29, 0.717) is 0 Å². The minimum Gasteiger partial charge on any atom is -0.467 e. The summed E-state index contributed by atoms with van der Waals surface area (Å²) in [7, 11) is 2.62. The first-order valence-corrected chi connectivity index (χ1v) is 3.14. The highest BCUT2D eigenvalue weighted by Gasteiger charge is 2.42. The van der Waals surface area contributed by atoms with Gasteiger partial charge in [0.15, 0.2) is 6.04 Å². The summed E-state index contributed by atoms with van der Waals surface area (Å²) >= 11 is 0. The first-order chi connectivity index (χ1) is 5.20. The van der Waals surface area contributed by atoms with Gasteiger partial charge in [-0.2, -0.15) is 0 Å². The van der Waals surface area contributed by atoms with Crippen LogP contribution >= 0.6 is 0 Å². The van der Waals surface area contributed by atoms with E-state index in [9.17, 15) is 9.59 Å². The highest BCUT2D eigenvalue weighted by molar-refractivity contribution is 5.94. The topological polar surface area (TPSA) is 55.8 Å². The Labute approximate surface area is 63.8 Å². The highest BCUT2D eigenvalue weighted by atomic mass is 16.7. The summed E-state index contributed by atoms with van der Waals surface area (Å²) in [5, 5.41) is 1.01. The maximum atomic E-state index is 10.8. The van der Waals surface area contributed by atoms with E-state index in [0.717, 1.165) is 5.06 Å². The van der Waals surface area contributed by atoms with Crippen LogP contribution in [0.25, 0.3) is 0 Å². The molecule has 0 saturated carbocycles. The van der Waals surface area contributed by atoms with Gasteiger partial charge >= 0.3 is 5.97 Å². The van der Waals surface area contributed by atoms with Crippen molar-refractivity contribution in [1.29, 1.82) is 0 Å². The molecule has 0 aliphatic carbocycles. The molecule has 0 aromatic carbocycles. The van der Waals surface area contributed by atoms with Crippen LogP contribution in [0.2, 0.25) is 0 Å². The third-order valence-electron chi connectivity index (χ3n) is 1.57. The molecule has 1 unspecified atom stereocenters. The van der Waals surface area contributed by atoms with Crippen LogP contribution in [0.4, 0.5) is 0 Å². The van der Waals surface area contributed by atoms with Crippen molar-refractivity contribution in [2.24, 2.45) is 0 Å². The second-order valence-electron chi connectivity index (χ2n) is 2.15. The molecule has 1 fully saturated rings. The van der Waals surface area contributed by atoms with Gasteiger partial charge in [0.25, 0.3) is 0 Å². The minimum atomic E-state index is -0.544. The number of methoxy groups -OCH3 is 1. The van der Waals surface area contributed by atoms with Crippen LogP contribution in [-0.4, -0.2) is 37.2 Å². The second-order valence-corrected chi connectivity index (χ2v) is 2.15. The molecule has 1 atom stereocenters. The largest absolute Gasteiger partial charge is 0.467 e. The molecule has 0 bridgehead atoms. The Morgan fingerprint density at radius 3 is 2.64 bits per heavy atom. The monoisotopic (exact) mass is 159 g/mol. The predicted octanol–water partition coefficient (Wildman–Crippen LogP) is -0.678. The molecule has 11 heavy (non-hydrogen) atoms. The van der Waals surface area contributed by atoms with Crippen LogP contribution < -0.4 is 0 Å². The van der Waals surface area contributed by atoms with Gasteiger partial charge in [0.2, 0.25) is 5.91 Å². The number of carbonyl (C=O) groups excluding carboxylic acids is 2. The smallest absolute Gasteiger partial charge is 0.331 e. The van der Waals surface area contributed by atoms with Crippen LogP contribution in [0.5, 0.6) is 0 Å². The SMILES string of the molecule is COC(=O)C1CC(=O)N1OC. The molecule has 1 aliphatic rings. The van der Waals surface area contributed by atoms with E-state index < -0.39 is 12.0 Å². The van der Waals surface area contributed by atoms with Gasteiger partial charge in [-0.3, -0.25) is 9.63 Å². The molecular weight excluding hydrogens is 150 g/mol. The van der Waals surface area contributed by atoms with Crippen LogP contribution in [0.15, 0.2) is 0 Å².